The van der Waals surface area contributed by atoms with Crippen molar-refractivity contribution in [3.63, 3.8) is 0 Å². The first-order valence-corrected chi connectivity index (χ1v) is 7.58. The molecule has 0 saturated carbocycles. The summed E-state index contributed by atoms with van der Waals surface area (Å²) < 4.78 is 5.64. The number of likely N-dealkylation sites (tertiary alicyclic amines) is 1. The van der Waals surface area contributed by atoms with E-state index in [2.05, 4.69) is 18.0 Å². The molecule has 1 saturated heterocycles. The monoisotopic (exact) mass is 301 g/mol. The molecule has 4 heteroatoms. The van der Waals surface area contributed by atoms with E-state index in [-0.39, 0.29) is 0 Å². The molecule has 2 atom stereocenters. The molecule has 1 heterocycles. The summed E-state index contributed by atoms with van der Waals surface area (Å²) in [5, 5.41) is 1.27. The smallest absolute Gasteiger partial charge is 0.0595 e. The average molecular weight is 302 g/mol. The number of hydrogen-bond donors (Lipinski definition) is 0. The fourth-order valence-corrected chi connectivity index (χ4v) is 3.14. The lowest BCUT2D eigenvalue weighted by molar-refractivity contribution is 0.0628. The van der Waals surface area contributed by atoms with Gasteiger partial charge < -0.3 is 9.64 Å². The maximum atomic E-state index is 6.14. The van der Waals surface area contributed by atoms with Gasteiger partial charge in [-0.15, -0.1) is 0 Å². The summed E-state index contributed by atoms with van der Waals surface area (Å²) in [4.78, 5) is 2.37. The van der Waals surface area contributed by atoms with Crippen LogP contribution in [0, 0.1) is 5.92 Å². The van der Waals surface area contributed by atoms with E-state index in [9.17, 15) is 0 Å². The summed E-state index contributed by atoms with van der Waals surface area (Å²) in [6.45, 7) is 5.82. The zero-order valence-corrected chi connectivity index (χ0v) is 13.0. The molecule has 0 amide bonds. The predicted molar refractivity (Wildman–Crippen MR) is 81.3 cm³/mol. The lowest BCUT2D eigenvalue weighted by Gasteiger charge is -2.37. The van der Waals surface area contributed by atoms with Gasteiger partial charge in [-0.05, 0) is 50.6 Å². The number of nitrogens with zero attached hydrogens (tertiary/aromatic N) is 1. The second-order valence-electron chi connectivity index (χ2n) is 5.25. The van der Waals surface area contributed by atoms with Gasteiger partial charge in [0, 0.05) is 19.1 Å². The molecule has 1 aromatic rings. The van der Waals surface area contributed by atoms with Crippen LogP contribution in [0.3, 0.4) is 0 Å². The Morgan fingerprint density at radius 3 is 2.79 bits per heavy atom. The zero-order valence-electron chi connectivity index (χ0n) is 11.5. The molecule has 2 rings (SSSR count). The van der Waals surface area contributed by atoms with E-state index in [1.165, 1.54) is 5.56 Å². The van der Waals surface area contributed by atoms with Crippen LogP contribution in [0.25, 0.3) is 0 Å². The van der Waals surface area contributed by atoms with Gasteiger partial charge in [0.25, 0.3) is 0 Å². The van der Waals surface area contributed by atoms with Gasteiger partial charge in [0.05, 0.1) is 16.7 Å². The van der Waals surface area contributed by atoms with E-state index in [1.807, 2.05) is 19.1 Å². The Balaban J connectivity index is 2.16. The van der Waals surface area contributed by atoms with Crippen molar-refractivity contribution in [3.05, 3.63) is 33.8 Å². The lowest BCUT2D eigenvalue weighted by atomic mass is 9.81. The van der Waals surface area contributed by atoms with E-state index < -0.39 is 0 Å². The minimum atomic E-state index is 0.512. The van der Waals surface area contributed by atoms with Crippen LogP contribution in [-0.4, -0.2) is 38.3 Å². The molecule has 19 heavy (non-hydrogen) atoms. The minimum Gasteiger partial charge on any atom is -0.381 e. The molecule has 2 unspecified atom stereocenters. The fourth-order valence-electron chi connectivity index (χ4n) is 2.83. The molecule has 0 bridgehead atoms. The van der Waals surface area contributed by atoms with Crippen molar-refractivity contribution in [1.29, 1.82) is 0 Å². The Morgan fingerprint density at radius 1 is 1.32 bits per heavy atom. The highest BCUT2D eigenvalue weighted by Crippen LogP contribution is 2.35. The van der Waals surface area contributed by atoms with E-state index >= 15 is 0 Å². The summed E-state index contributed by atoms with van der Waals surface area (Å²) in [5.41, 5.74) is 1.28. The summed E-state index contributed by atoms with van der Waals surface area (Å²) in [6, 6.07) is 6.01. The molecular formula is C15H21Cl2NO. The van der Waals surface area contributed by atoms with E-state index in [0.29, 0.717) is 21.9 Å². The van der Waals surface area contributed by atoms with Crippen LogP contribution in [0.5, 0.6) is 0 Å². The molecule has 1 aromatic carbocycles. The molecule has 0 N–H and O–H groups in total. The predicted octanol–water partition coefficient (Wildman–Crippen LogP) is 4.07. The van der Waals surface area contributed by atoms with E-state index in [0.717, 1.165) is 32.7 Å². The Kier molecular flexibility index (Phi) is 5.52. The number of ether oxygens (including phenoxy) is 1. The molecule has 0 aliphatic carbocycles. The standard InChI is InChI=1S/C15H21Cl2NO/c1-3-19-10-12-9-18(2)7-6-13(12)11-4-5-14(16)15(17)8-11/h4-5,8,12-13H,3,6-7,9-10H2,1-2H3. The SMILES string of the molecule is CCOCC1CN(C)CCC1c1ccc(Cl)c(Cl)c1. The first-order chi connectivity index (χ1) is 9.11. The second kappa shape index (κ2) is 6.94. The van der Waals surface area contributed by atoms with Crippen LogP contribution >= 0.6 is 23.2 Å². The number of piperidine rings is 1. The summed E-state index contributed by atoms with van der Waals surface area (Å²) in [5.74, 6) is 1.04. The van der Waals surface area contributed by atoms with Gasteiger partial charge >= 0.3 is 0 Å². The third-order valence-electron chi connectivity index (χ3n) is 3.84. The van der Waals surface area contributed by atoms with Crippen molar-refractivity contribution < 1.29 is 4.74 Å². The van der Waals surface area contributed by atoms with Gasteiger partial charge in [-0.3, -0.25) is 0 Å². The number of rotatable bonds is 4. The largest absolute Gasteiger partial charge is 0.381 e. The highest BCUT2D eigenvalue weighted by atomic mass is 35.5. The van der Waals surface area contributed by atoms with Crippen LogP contribution in [0.2, 0.25) is 10.0 Å². The van der Waals surface area contributed by atoms with Gasteiger partial charge in [0.2, 0.25) is 0 Å². The molecule has 1 aliphatic rings. The normalized spacial score (nSPS) is 24.6. The molecule has 1 aliphatic heterocycles. The Morgan fingerprint density at radius 2 is 2.11 bits per heavy atom. The van der Waals surface area contributed by atoms with Gasteiger partial charge in [-0.2, -0.15) is 0 Å². The van der Waals surface area contributed by atoms with Crippen LogP contribution in [0.15, 0.2) is 18.2 Å². The topological polar surface area (TPSA) is 12.5 Å². The van der Waals surface area contributed by atoms with Crippen molar-refractivity contribution in [2.24, 2.45) is 5.92 Å². The van der Waals surface area contributed by atoms with Crippen molar-refractivity contribution in [2.45, 2.75) is 19.3 Å². The van der Waals surface area contributed by atoms with Crippen molar-refractivity contribution in [1.82, 2.24) is 4.90 Å². The third kappa shape index (κ3) is 3.85. The van der Waals surface area contributed by atoms with Crippen LogP contribution in [0.1, 0.15) is 24.8 Å². The molecule has 106 valence electrons. The molecule has 0 radical (unpaired) electrons. The third-order valence-corrected chi connectivity index (χ3v) is 4.58. The quantitative estimate of drug-likeness (QED) is 0.831. The number of halogens is 2. The van der Waals surface area contributed by atoms with Gasteiger partial charge in [0.1, 0.15) is 0 Å². The lowest BCUT2D eigenvalue weighted by Crippen LogP contribution is -2.39. The maximum absolute atomic E-state index is 6.14. The zero-order chi connectivity index (χ0) is 13.8. The number of benzene rings is 1. The Labute approximate surface area is 125 Å². The molecule has 0 spiro atoms. The first-order valence-electron chi connectivity index (χ1n) is 6.83. The van der Waals surface area contributed by atoms with Crippen LogP contribution < -0.4 is 0 Å². The summed E-state index contributed by atoms with van der Waals surface area (Å²) in [7, 11) is 2.17. The fraction of sp³-hybridized carbons (Fsp3) is 0.600. The summed E-state index contributed by atoms with van der Waals surface area (Å²) >= 11 is 12.1. The average Bonchev–Trinajstić information content (AvgIpc) is 2.40. The van der Waals surface area contributed by atoms with Gasteiger partial charge in [-0.25, -0.2) is 0 Å². The number of hydrogen-bond acceptors (Lipinski definition) is 2. The summed E-state index contributed by atoms with van der Waals surface area (Å²) in [6.07, 6.45) is 1.15. The van der Waals surface area contributed by atoms with Crippen LogP contribution in [-0.2, 0) is 4.74 Å². The molecule has 1 fully saturated rings. The Bertz CT molecular complexity index is 425. The minimum absolute atomic E-state index is 0.512. The second-order valence-corrected chi connectivity index (χ2v) is 6.06. The molecule has 2 nitrogen and oxygen atoms in total. The van der Waals surface area contributed by atoms with E-state index in [4.69, 9.17) is 27.9 Å². The highest BCUT2D eigenvalue weighted by Gasteiger charge is 2.29. The van der Waals surface area contributed by atoms with Crippen molar-refractivity contribution in [3.8, 4) is 0 Å². The van der Waals surface area contributed by atoms with E-state index in [1.54, 1.807) is 0 Å². The highest BCUT2D eigenvalue weighted by molar-refractivity contribution is 6.42. The van der Waals surface area contributed by atoms with Gasteiger partial charge in [-0.1, -0.05) is 29.3 Å². The van der Waals surface area contributed by atoms with Crippen molar-refractivity contribution >= 4 is 23.2 Å². The van der Waals surface area contributed by atoms with Crippen molar-refractivity contribution in [2.75, 3.05) is 33.4 Å². The first kappa shape index (κ1) is 15.1. The van der Waals surface area contributed by atoms with Crippen LogP contribution in [0.4, 0.5) is 0 Å². The van der Waals surface area contributed by atoms with Gasteiger partial charge in [0.15, 0.2) is 0 Å². The molecule has 0 aromatic heterocycles. The molecular weight excluding hydrogens is 281 g/mol. The Hall–Kier alpha value is -0.280. The maximum Gasteiger partial charge on any atom is 0.0595 e.